The van der Waals surface area contributed by atoms with E-state index in [1.807, 2.05) is 0 Å². The summed E-state index contributed by atoms with van der Waals surface area (Å²) in [5.74, 6) is 0. The third-order valence-corrected chi connectivity index (χ3v) is 8.22. The fraction of sp³-hybridized carbons (Fsp3) is 0.667. The zero-order valence-corrected chi connectivity index (χ0v) is 17.9. The molecule has 2 aliphatic rings. The number of hydrogen-bond donors (Lipinski definition) is 1. The molecular formula is C18H28N2O7S2. The molecule has 0 bridgehead atoms. The summed E-state index contributed by atoms with van der Waals surface area (Å²) in [6.07, 6.45) is 2.75. The highest BCUT2D eigenvalue weighted by Gasteiger charge is 2.26. The minimum Gasteiger partial charge on any atom is -0.379 e. The van der Waals surface area contributed by atoms with Gasteiger partial charge in [0.15, 0.2) is 0 Å². The van der Waals surface area contributed by atoms with E-state index in [2.05, 4.69) is 4.72 Å². The van der Waals surface area contributed by atoms with Gasteiger partial charge in [0.1, 0.15) is 0 Å². The summed E-state index contributed by atoms with van der Waals surface area (Å²) in [4.78, 5) is 0.0968. The highest BCUT2D eigenvalue weighted by Crippen LogP contribution is 2.19. The van der Waals surface area contributed by atoms with E-state index in [1.165, 1.54) is 28.6 Å². The van der Waals surface area contributed by atoms with E-state index in [1.54, 1.807) is 0 Å². The van der Waals surface area contributed by atoms with Gasteiger partial charge in [-0.25, -0.2) is 21.6 Å². The molecule has 11 heteroatoms. The first-order valence-electron chi connectivity index (χ1n) is 9.76. The van der Waals surface area contributed by atoms with Crippen LogP contribution in [0.4, 0.5) is 0 Å². The zero-order valence-electron chi connectivity index (χ0n) is 16.3. The minimum atomic E-state index is -3.71. The summed E-state index contributed by atoms with van der Waals surface area (Å²) in [6, 6.07) is 5.27. The Kier molecular flexibility index (Phi) is 8.02. The van der Waals surface area contributed by atoms with Gasteiger partial charge in [-0.2, -0.15) is 4.31 Å². The number of morpholine rings is 1. The van der Waals surface area contributed by atoms with Crippen LogP contribution >= 0.6 is 0 Å². The summed E-state index contributed by atoms with van der Waals surface area (Å²) in [7, 11) is -7.36. The first-order chi connectivity index (χ1) is 13.9. The van der Waals surface area contributed by atoms with Gasteiger partial charge in [0.2, 0.25) is 20.0 Å². The van der Waals surface area contributed by atoms with Crippen molar-refractivity contribution in [3.63, 3.8) is 0 Å². The molecular weight excluding hydrogens is 420 g/mol. The summed E-state index contributed by atoms with van der Waals surface area (Å²) >= 11 is 0. The van der Waals surface area contributed by atoms with Gasteiger partial charge in [-0.15, -0.1) is 0 Å². The molecule has 2 fully saturated rings. The lowest BCUT2D eigenvalue weighted by Crippen LogP contribution is -2.40. The predicted molar refractivity (Wildman–Crippen MR) is 106 cm³/mol. The van der Waals surface area contributed by atoms with Crippen molar-refractivity contribution in [2.75, 3.05) is 52.7 Å². The van der Waals surface area contributed by atoms with Gasteiger partial charge in [0.25, 0.3) is 0 Å². The van der Waals surface area contributed by atoms with Crippen molar-refractivity contribution >= 4 is 20.0 Å². The van der Waals surface area contributed by atoms with E-state index >= 15 is 0 Å². The Morgan fingerprint density at radius 1 is 1.03 bits per heavy atom. The number of nitrogens with one attached hydrogen (secondary N) is 1. The molecule has 0 aliphatic carbocycles. The van der Waals surface area contributed by atoms with Crippen LogP contribution in [0.3, 0.4) is 0 Å². The Balaban J connectivity index is 1.47. The fourth-order valence-electron chi connectivity index (χ4n) is 3.18. The Bertz CT molecular complexity index is 845. The van der Waals surface area contributed by atoms with Crippen LogP contribution in [0.25, 0.3) is 0 Å². The van der Waals surface area contributed by atoms with Crippen LogP contribution in [0.1, 0.15) is 19.3 Å². The lowest BCUT2D eigenvalue weighted by Gasteiger charge is -2.26. The number of nitrogens with zero attached hydrogens (tertiary/aromatic N) is 1. The molecule has 1 N–H and O–H groups in total. The molecule has 2 aliphatic heterocycles. The molecule has 1 atom stereocenters. The van der Waals surface area contributed by atoms with Crippen molar-refractivity contribution < 1.29 is 31.0 Å². The highest BCUT2D eigenvalue weighted by atomic mass is 32.2. The minimum absolute atomic E-state index is 0.0266. The van der Waals surface area contributed by atoms with Crippen molar-refractivity contribution in [3.05, 3.63) is 24.3 Å². The van der Waals surface area contributed by atoms with Crippen LogP contribution in [-0.4, -0.2) is 79.9 Å². The molecule has 0 spiro atoms. The Hall–Kier alpha value is -1.08. The van der Waals surface area contributed by atoms with Crippen molar-refractivity contribution in [3.8, 4) is 0 Å². The quantitative estimate of drug-likeness (QED) is 0.521. The monoisotopic (exact) mass is 448 g/mol. The van der Waals surface area contributed by atoms with Crippen molar-refractivity contribution in [2.45, 2.75) is 35.2 Å². The Morgan fingerprint density at radius 2 is 1.72 bits per heavy atom. The highest BCUT2D eigenvalue weighted by molar-refractivity contribution is 7.89. The largest absolute Gasteiger partial charge is 0.379 e. The van der Waals surface area contributed by atoms with Crippen LogP contribution in [0.5, 0.6) is 0 Å². The lowest BCUT2D eigenvalue weighted by molar-refractivity contribution is 0.0169. The van der Waals surface area contributed by atoms with E-state index in [0.29, 0.717) is 45.9 Å². The number of sulfonamides is 2. The number of benzene rings is 1. The molecule has 0 radical (unpaired) electrons. The Morgan fingerprint density at radius 3 is 2.38 bits per heavy atom. The smallest absolute Gasteiger partial charge is 0.243 e. The second-order valence-corrected chi connectivity index (χ2v) is 10.7. The van der Waals surface area contributed by atoms with Crippen molar-refractivity contribution in [1.82, 2.24) is 9.03 Å². The van der Waals surface area contributed by atoms with E-state index < -0.39 is 20.0 Å². The van der Waals surface area contributed by atoms with E-state index in [0.717, 1.165) is 19.4 Å². The molecule has 0 aromatic heterocycles. The average molecular weight is 449 g/mol. The van der Waals surface area contributed by atoms with E-state index in [4.69, 9.17) is 14.2 Å². The molecule has 29 heavy (non-hydrogen) atoms. The average Bonchev–Trinajstić information content (AvgIpc) is 3.25. The van der Waals surface area contributed by atoms with Crippen LogP contribution < -0.4 is 4.72 Å². The third kappa shape index (κ3) is 6.20. The number of rotatable bonds is 10. The zero-order chi connectivity index (χ0) is 20.7. The summed E-state index contributed by atoms with van der Waals surface area (Å²) in [5, 5.41) is 0. The molecule has 2 saturated heterocycles. The summed E-state index contributed by atoms with van der Waals surface area (Å²) < 4.78 is 70.0. The van der Waals surface area contributed by atoms with Crippen LogP contribution in [0.2, 0.25) is 0 Å². The summed E-state index contributed by atoms with van der Waals surface area (Å²) in [6.45, 7) is 3.28. The molecule has 9 nitrogen and oxygen atoms in total. The van der Waals surface area contributed by atoms with Gasteiger partial charge >= 0.3 is 0 Å². The van der Waals surface area contributed by atoms with E-state index in [-0.39, 0.29) is 22.4 Å². The molecule has 2 heterocycles. The van der Waals surface area contributed by atoms with Crippen LogP contribution in [0, 0.1) is 0 Å². The maximum atomic E-state index is 12.6. The molecule has 1 aromatic rings. The van der Waals surface area contributed by atoms with Gasteiger partial charge in [0, 0.05) is 32.8 Å². The van der Waals surface area contributed by atoms with Gasteiger partial charge < -0.3 is 14.2 Å². The number of hydrogen-bond acceptors (Lipinski definition) is 7. The third-order valence-electron chi connectivity index (χ3n) is 4.83. The predicted octanol–water partition coefficient (Wildman–Crippen LogP) is 0.572. The SMILES string of the molecule is O=S(=O)(NCCCOCC1CCCO1)c1ccc(S(=O)(=O)N2CCOCC2)cc1. The van der Waals surface area contributed by atoms with Crippen LogP contribution in [-0.2, 0) is 34.3 Å². The van der Waals surface area contributed by atoms with Crippen molar-refractivity contribution in [2.24, 2.45) is 0 Å². The van der Waals surface area contributed by atoms with Crippen LogP contribution in [0.15, 0.2) is 34.1 Å². The maximum Gasteiger partial charge on any atom is 0.243 e. The second-order valence-electron chi connectivity index (χ2n) is 6.95. The van der Waals surface area contributed by atoms with Gasteiger partial charge in [-0.1, -0.05) is 0 Å². The lowest BCUT2D eigenvalue weighted by atomic mass is 10.2. The fourth-order valence-corrected chi connectivity index (χ4v) is 5.66. The van der Waals surface area contributed by atoms with E-state index in [9.17, 15) is 16.8 Å². The molecule has 164 valence electrons. The van der Waals surface area contributed by atoms with Gasteiger partial charge in [-0.3, -0.25) is 0 Å². The first-order valence-corrected chi connectivity index (χ1v) is 12.7. The molecule has 1 aromatic carbocycles. The van der Waals surface area contributed by atoms with Gasteiger partial charge in [-0.05, 0) is 43.5 Å². The van der Waals surface area contributed by atoms with Gasteiger partial charge in [0.05, 0.1) is 35.7 Å². The molecule has 3 rings (SSSR count). The first kappa shape index (κ1) is 22.6. The second kappa shape index (κ2) is 10.3. The molecule has 0 amide bonds. The standard InChI is InChI=1S/C18H28N2O7S2/c21-28(22,19-8-2-11-26-15-16-3-1-12-27-16)17-4-6-18(7-5-17)29(23,24)20-9-13-25-14-10-20/h4-7,16,19H,1-3,8-15H2. The maximum absolute atomic E-state index is 12.6. The topological polar surface area (TPSA) is 111 Å². The van der Waals surface area contributed by atoms with Crippen molar-refractivity contribution in [1.29, 1.82) is 0 Å². The number of ether oxygens (including phenoxy) is 3. The normalized spacial score (nSPS) is 21.4. The Labute approximate surface area is 172 Å². The molecule has 0 saturated carbocycles. The molecule has 1 unspecified atom stereocenters. The summed E-state index contributed by atoms with van der Waals surface area (Å²) in [5.41, 5.74) is 0.